The zero-order chi connectivity index (χ0) is 26.1. The highest BCUT2D eigenvalue weighted by Gasteiger charge is 2.31. The van der Waals surface area contributed by atoms with E-state index >= 15 is 0 Å². The number of hydrogen-bond donors (Lipinski definition) is 3. The molecule has 3 aromatic heterocycles. The van der Waals surface area contributed by atoms with Crippen molar-refractivity contribution in [1.82, 2.24) is 24.6 Å². The number of aromatic nitrogens is 4. The molecule has 0 saturated carbocycles. The van der Waals surface area contributed by atoms with Gasteiger partial charge in [-0.05, 0) is 0 Å². The van der Waals surface area contributed by atoms with E-state index in [1.165, 1.54) is 23.5 Å². The molecule has 0 unspecified atom stereocenters. The first-order valence-electron chi connectivity index (χ1n) is 11.6. The average Bonchev–Trinajstić information content (AvgIpc) is 3.53. The number of fused-ring (bicyclic) bond motifs is 1. The Morgan fingerprint density at radius 1 is 1.14 bits per heavy atom. The van der Waals surface area contributed by atoms with Gasteiger partial charge in [-0.15, -0.1) is 0 Å². The lowest BCUT2D eigenvalue weighted by molar-refractivity contribution is -0.126. The molecular weight excluding hydrogens is 477 g/mol. The summed E-state index contributed by atoms with van der Waals surface area (Å²) in [5.41, 5.74) is 8.47. The summed E-state index contributed by atoms with van der Waals surface area (Å²) in [6.07, 6.45) is 6.60. The molecule has 1 amide bonds. The number of ketones is 1. The molecule has 1 saturated heterocycles. The van der Waals surface area contributed by atoms with Gasteiger partial charge in [-0.3, -0.25) is 19.3 Å². The summed E-state index contributed by atoms with van der Waals surface area (Å²) in [5, 5.41) is 5.47. The van der Waals surface area contributed by atoms with Crippen molar-refractivity contribution in [2.75, 3.05) is 36.1 Å². The number of amides is 1. The van der Waals surface area contributed by atoms with Crippen LogP contribution in [-0.4, -0.2) is 62.5 Å². The highest BCUT2D eigenvalue weighted by Crippen LogP contribution is 2.31. The Hall–Kier alpha value is -4.71. The summed E-state index contributed by atoms with van der Waals surface area (Å²) in [4.78, 5) is 36.7. The Morgan fingerprint density at radius 2 is 1.86 bits per heavy atom. The lowest BCUT2D eigenvalue weighted by atomic mass is 10.1. The van der Waals surface area contributed by atoms with Gasteiger partial charge in [-0.25, -0.2) is 15.2 Å². The summed E-state index contributed by atoms with van der Waals surface area (Å²) in [5.74, 6) is 3.80. The van der Waals surface area contributed by atoms with Crippen molar-refractivity contribution in [3.63, 3.8) is 0 Å². The van der Waals surface area contributed by atoms with Crippen molar-refractivity contribution in [2.45, 2.75) is 0 Å². The van der Waals surface area contributed by atoms with Gasteiger partial charge in [0.2, 0.25) is 0 Å². The number of hydrogen-bond acceptors (Lipinski definition) is 8. The van der Waals surface area contributed by atoms with E-state index in [1.54, 1.807) is 0 Å². The Kier molecular flexibility index (Phi) is 6.32. The van der Waals surface area contributed by atoms with Gasteiger partial charge in [0.25, 0.3) is 11.7 Å². The molecule has 1 aromatic carbocycles. The molecule has 37 heavy (non-hydrogen) atoms. The van der Waals surface area contributed by atoms with Crippen molar-refractivity contribution < 1.29 is 14.0 Å². The van der Waals surface area contributed by atoms with Crippen molar-refractivity contribution in [3.05, 3.63) is 72.7 Å². The largest absolute Gasteiger partial charge is 0.403 e. The molecule has 1 fully saturated rings. The monoisotopic (exact) mass is 503 g/mol. The summed E-state index contributed by atoms with van der Waals surface area (Å²) in [7, 11) is 1.89. The number of rotatable bonds is 6. The Balaban J connectivity index is 1.34. The number of anilines is 2. The molecule has 1 aliphatic rings. The molecule has 4 aromatic rings. The van der Waals surface area contributed by atoms with Crippen LogP contribution >= 0.6 is 0 Å². The average molecular weight is 504 g/mol. The molecular formula is C25H26FN9O2. The second-order valence-corrected chi connectivity index (χ2v) is 8.61. The van der Waals surface area contributed by atoms with Gasteiger partial charge < -0.3 is 20.5 Å². The number of carbonyl (C=O) groups is 2. The third-order valence-corrected chi connectivity index (χ3v) is 6.45. The van der Waals surface area contributed by atoms with Gasteiger partial charge in [-0.1, -0.05) is 30.3 Å². The first-order chi connectivity index (χ1) is 17.9. The molecule has 0 atom stereocenters. The normalized spacial score (nSPS) is 14.0. The number of H-pyrrole nitrogens is 1. The number of hydrazine groups is 1. The lowest BCUT2D eigenvalue weighted by Gasteiger charge is -2.35. The fraction of sp³-hybridized carbons (Fsp3) is 0.200. The van der Waals surface area contributed by atoms with Crippen LogP contribution < -0.4 is 21.5 Å². The Morgan fingerprint density at radius 3 is 2.57 bits per heavy atom. The van der Waals surface area contributed by atoms with Gasteiger partial charge in [0.15, 0.2) is 11.6 Å². The predicted octanol–water partition coefficient (Wildman–Crippen LogP) is 1.74. The number of nitrogens with zero attached hydrogens (tertiary/aromatic N) is 6. The molecule has 0 spiro atoms. The molecule has 1 aliphatic heterocycles. The summed E-state index contributed by atoms with van der Waals surface area (Å²) in [6, 6.07) is 9.95. The number of halogens is 1. The van der Waals surface area contributed by atoms with Gasteiger partial charge in [0, 0.05) is 57.4 Å². The van der Waals surface area contributed by atoms with Gasteiger partial charge in [-0.2, -0.15) is 5.10 Å². The van der Waals surface area contributed by atoms with Crippen LogP contribution in [0.3, 0.4) is 0 Å². The predicted molar refractivity (Wildman–Crippen MR) is 138 cm³/mol. The van der Waals surface area contributed by atoms with E-state index in [0.29, 0.717) is 26.2 Å². The minimum atomic E-state index is -0.806. The summed E-state index contributed by atoms with van der Waals surface area (Å²) in [6.45, 7) is 1.72. The fourth-order valence-corrected chi connectivity index (χ4v) is 4.63. The Bertz CT molecular complexity index is 1490. The molecule has 4 heterocycles. The van der Waals surface area contributed by atoms with E-state index in [-0.39, 0.29) is 22.3 Å². The molecule has 0 bridgehead atoms. The maximum atomic E-state index is 14.7. The van der Waals surface area contributed by atoms with Crippen LogP contribution in [0.25, 0.3) is 22.2 Å². The number of aryl methyl sites for hydroxylation is 1. The topological polar surface area (TPSA) is 142 Å². The number of aromatic amines is 1. The van der Waals surface area contributed by atoms with Crippen LogP contribution in [-0.2, 0) is 11.8 Å². The smallest absolute Gasteiger partial charge is 0.295 e. The van der Waals surface area contributed by atoms with Crippen LogP contribution in [0.1, 0.15) is 10.4 Å². The molecule has 12 heteroatoms. The van der Waals surface area contributed by atoms with Crippen LogP contribution in [0.5, 0.6) is 0 Å². The van der Waals surface area contributed by atoms with Crippen molar-refractivity contribution >= 4 is 34.1 Å². The lowest BCUT2D eigenvalue weighted by Crippen LogP contribution is -2.50. The van der Waals surface area contributed by atoms with Gasteiger partial charge in [0.05, 0.1) is 40.2 Å². The molecule has 0 aliphatic carbocycles. The van der Waals surface area contributed by atoms with Crippen LogP contribution in [0, 0.1) is 5.82 Å². The quantitative estimate of drug-likeness (QED) is 0.156. The van der Waals surface area contributed by atoms with E-state index < -0.39 is 17.5 Å². The molecule has 5 rings (SSSR count). The first kappa shape index (κ1) is 24.0. The molecule has 11 nitrogen and oxygen atoms in total. The Labute approximate surface area is 211 Å². The summed E-state index contributed by atoms with van der Waals surface area (Å²) < 4.78 is 16.5. The number of Topliss-reactive ketones (excluding diaryl/α,β-unsaturated/α-hetero) is 1. The molecule has 5 N–H and O–H groups in total. The highest BCUT2D eigenvalue weighted by molar-refractivity contribution is 6.45. The third kappa shape index (κ3) is 4.27. The van der Waals surface area contributed by atoms with Crippen LogP contribution in [0.15, 0.2) is 61.3 Å². The summed E-state index contributed by atoms with van der Waals surface area (Å²) >= 11 is 0. The van der Waals surface area contributed by atoms with E-state index in [9.17, 15) is 14.0 Å². The second kappa shape index (κ2) is 9.74. The van der Waals surface area contributed by atoms with E-state index in [2.05, 4.69) is 20.0 Å². The number of carbonyl (C=O) groups excluding carboxylic acids is 2. The van der Waals surface area contributed by atoms with E-state index in [0.717, 1.165) is 28.2 Å². The van der Waals surface area contributed by atoms with E-state index in [4.69, 9.17) is 11.6 Å². The SMILES string of the molecule is Cn1ncc(N2CCN(C(=O)C(=O)c3c[nH]c4c(N(N)/C=C\N)ncc(F)c34)CC2)c1-c1ccccc1. The van der Waals surface area contributed by atoms with E-state index in [1.807, 2.05) is 48.3 Å². The van der Waals surface area contributed by atoms with Gasteiger partial charge in [0.1, 0.15) is 0 Å². The number of pyridine rings is 1. The molecule has 190 valence electrons. The second-order valence-electron chi connectivity index (χ2n) is 8.61. The standard InChI is InChI=1S/C25H26FN9O2/c1-32-22(16-5-3-2-4-6-16)19(15-31-32)33-9-11-34(12-10-33)25(37)23(36)17-13-29-21-20(17)18(26)14-30-24(21)35(28)8-7-27/h2-8,13-15,29H,9-12,27-28H2,1H3/b8-7-. The fourth-order valence-electron chi connectivity index (χ4n) is 4.63. The third-order valence-electron chi connectivity index (χ3n) is 6.45. The first-order valence-corrected chi connectivity index (χ1v) is 11.6. The number of nitrogens with one attached hydrogen (secondary N) is 1. The van der Waals surface area contributed by atoms with Gasteiger partial charge >= 0.3 is 0 Å². The van der Waals surface area contributed by atoms with Crippen LogP contribution in [0.4, 0.5) is 15.9 Å². The molecule has 0 radical (unpaired) electrons. The number of piperazine rings is 1. The van der Waals surface area contributed by atoms with Crippen molar-refractivity contribution in [3.8, 4) is 11.3 Å². The van der Waals surface area contributed by atoms with Crippen molar-refractivity contribution in [1.29, 1.82) is 0 Å². The van der Waals surface area contributed by atoms with Crippen LogP contribution in [0.2, 0.25) is 0 Å². The zero-order valence-electron chi connectivity index (χ0n) is 20.1. The maximum Gasteiger partial charge on any atom is 0.295 e. The number of nitrogens with two attached hydrogens (primary N) is 2. The zero-order valence-corrected chi connectivity index (χ0v) is 20.1. The minimum Gasteiger partial charge on any atom is -0.403 e. The minimum absolute atomic E-state index is 0.0503. The highest BCUT2D eigenvalue weighted by atomic mass is 19.1. The maximum absolute atomic E-state index is 14.7. The number of benzene rings is 1. The van der Waals surface area contributed by atoms with Crippen molar-refractivity contribution in [2.24, 2.45) is 18.6 Å².